The summed E-state index contributed by atoms with van der Waals surface area (Å²) in [4.78, 5) is 0. The Morgan fingerprint density at radius 1 is 0.385 bits per heavy atom. The topological polar surface area (TPSA) is 31.2 Å². The van der Waals surface area contributed by atoms with Crippen molar-refractivity contribution in [3.63, 3.8) is 0 Å². The Hall–Kier alpha value is -6.62. The van der Waals surface area contributed by atoms with Gasteiger partial charge in [-0.2, -0.15) is 0 Å². The smallest absolute Gasteiger partial charge is 0.143 e. The molecule has 4 heterocycles. The number of thiophene rings is 1. The van der Waals surface area contributed by atoms with Gasteiger partial charge in [-0.1, -0.05) is 97.1 Å². The van der Waals surface area contributed by atoms with Crippen LogP contribution in [0.1, 0.15) is 0 Å². The summed E-state index contributed by atoms with van der Waals surface area (Å²) >= 11 is 1.85. The third kappa shape index (κ3) is 3.90. The van der Waals surface area contributed by atoms with Crippen molar-refractivity contribution in [1.29, 1.82) is 0 Å². The number of furan rings is 2. The van der Waals surface area contributed by atoms with Crippen molar-refractivity contribution in [2.75, 3.05) is 0 Å². The minimum absolute atomic E-state index is 0.915. The predicted octanol–water partition coefficient (Wildman–Crippen LogP) is 14.3. The van der Waals surface area contributed by atoms with Crippen molar-refractivity contribution in [1.82, 2.24) is 4.57 Å². The maximum atomic E-state index is 6.44. The minimum atomic E-state index is 0.915. The lowest BCUT2D eigenvalue weighted by molar-refractivity contribution is 0.669. The maximum Gasteiger partial charge on any atom is 0.143 e. The summed E-state index contributed by atoms with van der Waals surface area (Å²) in [5.74, 6) is 0. The van der Waals surface area contributed by atoms with E-state index in [-0.39, 0.29) is 0 Å². The molecule has 0 unspecified atom stereocenters. The summed E-state index contributed by atoms with van der Waals surface area (Å²) in [6.45, 7) is 0. The lowest BCUT2D eigenvalue weighted by atomic mass is 9.98. The van der Waals surface area contributed by atoms with E-state index in [1.54, 1.807) is 0 Å². The van der Waals surface area contributed by atoms with Crippen LogP contribution in [-0.2, 0) is 0 Å². The zero-order chi connectivity index (χ0) is 33.9. The zero-order valence-corrected chi connectivity index (χ0v) is 28.6. The largest absolute Gasteiger partial charge is 0.456 e. The number of benzene rings is 8. The molecule has 4 aromatic heterocycles. The number of para-hydroxylation sites is 4. The molecular formula is C48H27NO2S. The van der Waals surface area contributed by atoms with Crippen LogP contribution in [0.3, 0.4) is 0 Å². The van der Waals surface area contributed by atoms with E-state index in [1.807, 2.05) is 35.6 Å². The Kier molecular flexibility index (Phi) is 5.65. The van der Waals surface area contributed by atoms with Crippen LogP contribution in [0.15, 0.2) is 173 Å². The second-order valence-corrected chi connectivity index (χ2v) is 14.7. The first-order chi connectivity index (χ1) is 25.8. The van der Waals surface area contributed by atoms with Gasteiger partial charge in [0, 0.05) is 63.7 Å². The second kappa shape index (κ2) is 10.5. The summed E-state index contributed by atoms with van der Waals surface area (Å²) in [7, 11) is 0. The lowest BCUT2D eigenvalue weighted by Gasteiger charge is -2.09. The first kappa shape index (κ1) is 28.1. The highest BCUT2D eigenvalue weighted by molar-refractivity contribution is 7.25. The Morgan fingerprint density at radius 2 is 1.00 bits per heavy atom. The molecule has 0 spiro atoms. The van der Waals surface area contributed by atoms with E-state index in [1.165, 1.54) is 58.5 Å². The SMILES string of the molecule is c1ccc2c(c1)oc1c(-c3ccc4c(c3)c3ccccc3n4-c3ccc4sc5ccc(-c6cccc7oc8ccccc8c67)cc5c4c3)cccc12. The van der Waals surface area contributed by atoms with Crippen LogP contribution in [0.5, 0.6) is 0 Å². The molecule has 0 N–H and O–H groups in total. The average Bonchev–Trinajstić information content (AvgIpc) is 3.96. The van der Waals surface area contributed by atoms with E-state index in [4.69, 9.17) is 8.83 Å². The van der Waals surface area contributed by atoms with Gasteiger partial charge in [0.2, 0.25) is 0 Å². The number of hydrogen-bond acceptors (Lipinski definition) is 3. The number of fused-ring (bicyclic) bond motifs is 12. The van der Waals surface area contributed by atoms with Gasteiger partial charge >= 0.3 is 0 Å². The fraction of sp³-hybridized carbons (Fsp3) is 0. The van der Waals surface area contributed by atoms with Gasteiger partial charge in [0.1, 0.15) is 22.3 Å². The monoisotopic (exact) mass is 681 g/mol. The Bertz CT molecular complexity index is 3430. The molecule has 0 aliphatic heterocycles. The Morgan fingerprint density at radius 3 is 1.90 bits per heavy atom. The molecule has 12 aromatic rings. The highest BCUT2D eigenvalue weighted by Gasteiger charge is 2.18. The number of hydrogen-bond donors (Lipinski definition) is 0. The normalized spacial score (nSPS) is 12.2. The van der Waals surface area contributed by atoms with Gasteiger partial charge in [0.05, 0.1) is 11.0 Å². The molecule has 0 aliphatic carbocycles. The van der Waals surface area contributed by atoms with Crippen molar-refractivity contribution in [2.45, 2.75) is 0 Å². The Labute approximate surface area is 301 Å². The second-order valence-electron chi connectivity index (χ2n) is 13.6. The molecule has 8 aromatic carbocycles. The standard InChI is InChI=1S/C48H27NO2S/c1-4-15-40-33(9-1)37-25-29(32-13-7-14-35-34-10-2-5-16-42(34)51-48(32)35)19-22-41(37)49(40)30-21-24-46-39(27-30)38-26-28(20-23-45(38)52-46)31-12-8-18-44-47(31)36-11-3-6-17-43(36)50-44/h1-27H. The van der Waals surface area contributed by atoms with Crippen LogP contribution >= 0.6 is 11.3 Å². The van der Waals surface area contributed by atoms with E-state index in [0.29, 0.717) is 0 Å². The minimum Gasteiger partial charge on any atom is -0.456 e. The van der Waals surface area contributed by atoms with Crippen LogP contribution in [0.4, 0.5) is 0 Å². The van der Waals surface area contributed by atoms with Crippen molar-refractivity contribution >= 4 is 97.2 Å². The molecule has 0 saturated carbocycles. The summed E-state index contributed by atoms with van der Waals surface area (Å²) in [6.07, 6.45) is 0. The van der Waals surface area contributed by atoms with Crippen molar-refractivity contribution in [2.24, 2.45) is 0 Å². The molecule has 4 heteroatoms. The fourth-order valence-corrected chi connectivity index (χ4v) is 9.55. The molecule has 0 atom stereocenters. The van der Waals surface area contributed by atoms with Crippen LogP contribution in [0.2, 0.25) is 0 Å². The van der Waals surface area contributed by atoms with E-state index >= 15 is 0 Å². The van der Waals surface area contributed by atoms with Crippen LogP contribution < -0.4 is 0 Å². The molecule has 0 saturated heterocycles. The molecule has 0 bridgehead atoms. The van der Waals surface area contributed by atoms with Crippen LogP contribution in [0.25, 0.3) is 114 Å². The third-order valence-corrected chi connectivity index (χ3v) is 12.0. The first-order valence-electron chi connectivity index (χ1n) is 17.6. The number of rotatable bonds is 3. The van der Waals surface area contributed by atoms with Gasteiger partial charge < -0.3 is 13.4 Å². The first-order valence-corrected chi connectivity index (χ1v) is 18.4. The molecule has 0 aliphatic rings. The van der Waals surface area contributed by atoms with Gasteiger partial charge in [0.25, 0.3) is 0 Å². The van der Waals surface area contributed by atoms with Crippen LogP contribution in [-0.4, -0.2) is 4.57 Å². The highest BCUT2D eigenvalue weighted by atomic mass is 32.1. The lowest BCUT2D eigenvalue weighted by Crippen LogP contribution is -1.93. The predicted molar refractivity (Wildman–Crippen MR) is 219 cm³/mol. The van der Waals surface area contributed by atoms with E-state index in [9.17, 15) is 0 Å². The van der Waals surface area contributed by atoms with Crippen molar-refractivity contribution in [3.05, 3.63) is 164 Å². The molecule has 3 nitrogen and oxygen atoms in total. The van der Waals surface area contributed by atoms with E-state index < -0.39 is 0 Å². The fourth-order valence-electron chi connectivity index (χ4n) is 8.48. The maximum absolute atomic E-state index is 6.44. The average molecular weight is 682 g/mol. The summed E-state index contributed by atoms with van der Waals surface area (Å²) in [5, 5.41) is 9.59. The Balaban J connectivity index is 1.05. The van der Waals surface area contributed by atoms with Crippen molar-refractivity contribution in [3.8, 4) is 27.9 Å². The molecule has 12 rings (SSSR count). The number of aromatic nitrogens is 1. The molecule has 242 valence electrons. The summed E-state index contributed by atoms with van der Waals surface area (Å²) < 4.78 is 17.7. The van der Waals surface area contributed by atoms with Gasteiger partial charge in [-0.25, -0.2) is 0 Å². The van der Waals surface area contributed by atoms with Gasteiger partial charge in [-0.05, 0) is 83.4 Å². The molecular weight excluding hydrogens is 655 g/mol. The van der Waals surface area contributed by atoms with Gasteiger partial charge in [-0.3, -0.25) is 0 Å². The van der Waals surface area contributed by atoms with Crippen molar-refractivity contribution < 1.29 is 8.83 Å². The highest BCUT2D eigenvalue weighted by Crippen LogP contribution is 2.43. The van der Waals surface area contributed by atoms with Crippen LogP contribution in [0, 0.1) is 0 Å². The van der Waals surface area contributed by atoms with Gasteiger partial charge in [0.15, 0.2) is 0 Å². The van der Waals surface area contributed by atoms with Gasteiger partial charge in [-0.15, -0.1) is 11.3 Å². The molecule has 0 amide bonds. The molecule has 0 fully saturated rings. The number of nitrogens with zero attached hydrogens (tertiary/aromatic N) is 1. The summed E-state index contributed by atoms with van der Waals surface area (Å²) in [6, 6.07) is 58.9. The third-order valence-electron chi connectivity index (χ3n) is 10.8. The molecule has 52 heavy (non-hydrogen) atoms. The zero-order valence-electron chi connectivity index (χ0n) is 27.8. The van der Waals surface area contributed by atoms with E-state index in [0.717, 1.165) is 55.3 Å². The molecule has 0 radical (unpaired) electrons. The summed E-state index contributed by atoms with van der Waals surface area (Å²) in [5.41, 5.74) is 11.8. The van der Waals surface area contributed by atoms with E-state index in [2.05, 4.69) is 144 Å². The quantitative estimate of drug-likeness (QED) is 0.186.